The van der Waals surface area contributed by atoms with Crippen molar-refractivity contribution in [3.8, 4) is 11.5 Å². The SMILES string of the molecule is COc1cc(CN=C(N)Nc2ccccc2)ccc1OCCO. The van der Waals surface area contributed by atoms with E-state index in [9.17, 15) is 0 Å². The van der Waals surface area contributed by atoms with Crippen LogP contribution in [0.5, 0.6) is 11.5 Å². The zero-order valence-corrected chi connectivity index (χ0v) is 13.0. The standard InChI is InChI=1S/C17H21N3O3/c1-22-16-11-13(7-8-15(16)23-10-9-21)12-19-17(18)20-14-5-3-2-4-6-14/h2-8,11,21H,9-10,12H2,1H3,(H3,18,19,20). The molecule has 0 heterocycles. The summed E-state index contributed by atoms with van der Waals surface area (Å²) >= 11 is 0. The van der Waals surface area contributed by atoms with Crippen molar-refractivity contribution in [3.63, 3.8) is 0 Å². The molecule has 0 aliphatic carbocycles. The van der Waals surface area contributed by atoms with Gasteiger partial charge in [0.15, 0.2) is 17.5 Å². The summed E-state index contributed by atoms with van der Waals surface area (Å²) < 4.78 is 10.7. The van der Waals surface area contributed by atoms with Crippen molar-refractivity contribution in [1.29, 1.82) is 0 Å². The number of benzene rings is 2. The van der Waals surface area contributed by atoms with Gasteiger partial charge in [-0.25, -0.2) is 4.99 Å². The molecule has 122 valence electrons. The van der Waals surface area contributed by atoms with Crippen LogP contribution >= 0.6 is 0 Å². The summed E-state index contributed by atoms with van der Waals surface area (Å²) in [4.78, 5) is 4.30. The number of ether oxygens (including phenoxy) is 2. The van der Waals surface area contributed by atoms with Gasteiger partial charge in [-0.3, -0.25) is 0 Å². The van der Waals surface area contributed by atoms with E-state index in [1.807, 2.05) is 42.5 Å². The minimum absolute atomic E-state index is 0.0448. The fourth-order valence-corrected chi connectivity index (χ4v) is 1.97. The predicted octanol–water partition coefficient (Wildman–Crippen LogP) is 1.99. The van der Waals surface area contributed by atoms with E-state index in [2.05, 4.69) is 10.3 Å². The monoisotopic (exact) mass is 315 g/mol. The average Bonchev–Trinajstić information content (AvgIpc) is 2.59. The number of aliphatic imine (C=N–C) groups is 1. The largest absolute Gasteiger partial charge is 0.493 e. The molecule has 2 rings (SSSR count). The molecule has 0 aliphatic heterocycles. The number of nitrogens with zero attached hydrogens (tertiary/aromatic N) is 1. The Morgan fingerprint density at radius 1 is 1.17 bits per heavy atom. The molecule has 0 atom stereocenters. The van der Waals surface area contributed by atoms with Gasteiger partial charge in [-0.15, -0.1) is 0 Å². The molecule has 2 aromatic rings. The van der Waals surface area contributed by atoms with Crippen LogP contribution in [0.2, 0.25) is 0 Å². The Balaban J connectivity index is 2.00. The molecule has 6 heteroatoms. The fraction of sp³-hybridized carbons (Fsp3) is 0.235. The highest BCUT2D eigenvalue weighted by molar-refractivity contribution is 5.92. The van der Waals surface area contributed by atoms with Crippen molar-refractivity contribution < 1.29 is 14.6 Å². The van der Waals surface area contributed by atoms with E-state index >= 15 is 0 Å². The van der Waals surface area contributed by atoms with E-state index in [-0.39, 0.29) is 13.2 Å². The Morgan fingerprint density at radius 3 is 2.65 bits per heavy atom. The Hall–Kier alpha value is -2.73. The number of aliphatic hydroxyl groups is 1. The summed E-state index contributed by atoms with van der Waals surface area (Å²) in [5.41, 5.74) is 7.70. The van der Waals surface area contributed by atoms with E-state index in [0.717, 1.165) is 11.3 Å². The Labute approximate surface area is 135 Å². The van der Waals surface area contributed by atoms with Crippen molar-refractivity contribution in [2.75, 3.05) is 25.6 Å². The summed E-state index contributed by atoms with van der Waals surface area (Å²) in [6, 6.07) is 15.1. The first-order valence-electron chi connectivity index (χ1n) is 7.25. The number of nitrogens with two attached hydrogens (primary N) is 1. The minimum Gasteiger partial charge on any atom is -0.493 e. The number of methoxy groups -OCH3 is 1. The quantitative estimate of drug-likeness (QED) is 0.537. The third-order valence-electron chi connectivity index (χ3n) is 3.06. The van der Waals surface area contributed by atoms with Gasteiger partial charge in [-0.2, -0.15) is 0 Å². The van der Waals surface area contributed by atoms with E-state index in [1.54, 1.807) is 13.2 Å². The normalized spacial score (nSPS) is 11.1. The molecule has 0 amide bonds. The molecule has 0 aromatic heterocycles. The van der Waals surface area contributed by atoms with Gasteiger partial charge < -0.3 is 25.6 Å². The molecule has 0 aliphatic rings. The molecule has 0 saturated heterocycles. The number of rotatable bonds is 7. The summed E-state index contributed by atoms with van der Waals surface area (Å²) in [5.74, 6) is 1.53. The van der Waals surface area contributed by atoms with Crippen molar-refractivity contribution >= 4 is 11.6 Å². The van der Waals surface area contributed by atoms with Gasteiger partial charge >= 0.3 is 0 Å². The number of guanidine groups is 1. The second-order valence-corrected chi connectivity index (χ2v) is 4.75. The molecule has 0 saturated carbocycles. The van der Waals surface area contributed by atoms with E-state index in [0.29, 0.717) is 24.0 Å². The maximum absolute atomic E-state index is 8.81. The van der Waals surface area contributed by atoms with E-state index in [4.69, 9.17) is 20.3 Å². The summed E-state index contributed by atoms with van der Waals surface area (Å²) in [6.45, 7) is 0.598. The average molecular weight is 315 g/mol. The lowest BCUT2D eigenvalue weighted by molar-refractivity contribution is 0.196. The second-order valence-electron chi connectivity index (χ2n) is 4.75. The van der Waals surface area contributed by atoms with E-state index in [1.165, 1.54) is 0 Å². The van der Waals surface area contributed by atoms with Gasteiger partial charge in [-0.1, -0.05) is 24.3 Å². The lowest BCUT2D eigenvalue weighted by Crippen LogP contribution is -2.22. The highest BCUT2D eigenvalue weighted by atomic mass is 16.5. The second kappa shape index (κ2) is 8.65. The highest BCUT2D eigenvalue weighted by Crippen LogP contribution is 2.28. The molecule has 23 heavy (non-hydrogen) atoms. The van der Waals surface area contributed by atoms with E-state index < -0.39 is 0 Å². The molecular formula is C17H21N3O3. The third kappa shape index (κ3) is 5.19. The van der Waals surface area contributed by atoms with Crippen molar-refractivity contribution in [3.05, 3.63) is 54.1 Å². The number of anilines is 1. The van der Waals surface area contributed by atoms with Crippen LogP contribution in [0.4, 0.5) is 5.69 Å². The lowest BCUT2D eigenvalue weighted by Gasteiger charge is -2.11. The highest BCUT2D eigenvalue weighted by Gasteiger charge is 2.05. The topological polar surface area (TPSA) is 89.1 Å². The third-order valence-corrected chi connectivity index (χ3v) is 3.06. The molecule has 0 bridgehead atoms. The first kappa shape index (κ1) is 16.6. The van der Waals surface area contributed by atoms with Gasteiger partial charge in [0.2, 0.25) is 0 Å². The Morgan fingerprint density at radius 2 is 1.96 bits per heavy atom. The molecule has 0 unspecified atom stereocenters. The van der Waals surface area contributed by atoms with Crippen LogP contribution in [0.3, 0.4) is 0 Å². The number of nitrogens with one attached hydrogen (secondary N) is 1. The molecular weight excluding hydrogens is 294 g/mol. The minimum atomic E-state index is -0.0448. The van der Waals surface area contributed by atoms with Crippen molar-refractivity contribution in [1.82, 2.24) is 0 Å². The molecule has 2 aromatic carbocycles. The zero-order valence-electron chi connectivity index (χ0n) is 13.0. The predicted molar refractivity (Wildman–Crippen MR) is 91.0 cm³/mol. The number of aliphatic hydroxyl groups excluding tert-OH is 1. The maximum Gasteiger partial charge on any atom is 0.193 e. The smallest absolute Gasteiger partial charge is 0.193 e. The number of para-hydroxylation sites is 1. The lowest BCUT2D eigenvalue weighted by atomic mass is 10.2. The number of hydrogen-bond donors (Lipinski definition) is 3. The summed E-state index contributed by atoms with van der Waals surface area (Å²) in [5, 5.41) is 11.8. The molecule has 0 radical (unpaired) electrons. The Kier molecular flexibility index (Phi) is 6.26. The van der Waals surface area contributed by atoms with Crippen LogP contribution in [0, 0.1) is 0 Å². The first-order chi connectivity index (χ1) is 11.2. The van der Waals surface area contributed by atoms with Crippen LogP contribution in [-0.4, -0.2) is 31.4 Å². The molecule has 0 fully saturated rings. The summed E-state index contributed by atoms with van der Waals surface area (Å²) in [6.07, 6.45) is 0. The van der Waals surface area contributed by atoms with Gasteiger partial charge in [-0.05, 0) is 29.8 Å². The first-order valence-corrected chi connectivity index (χ1v) is 7.25. The van der Waals surface area contributed by atoms with Crippen molar-refractivity contribution in [2.45, 2.75) is 6.54 Å². The Bertz CT molecular complexity index is 645. The van der Waals surface area contributed by atoms with Crippen LogP contribution in [0.1, 0.15) is 5.56 Å². The van der Waals surface area contributed by atoms with Gasteiger partial charge in [0.25, 0.3) is 0 Å². The molecule has 4 N–H and O–H groups in total. The van der Waals surface area contributed by atoms with Crippen LogP contribution in [0.15, 0.2) is 53.5 Å². The molecule has 6 nitrogen and oxygen atoms in total. The maximum atomic E-state index is 8.81. The van der Waals surface area contributed by atoms with Gasteiger partial charge in [0, 0.05) is 5.69 Å². The van der Waals surface area contributed by atoms with Crippen LogP contribution in [-0.2, 0) is 6.54 Å². The molecule has 0 spiro atoms. The van der Waals surface area contributed by atoms with Crippen molar-refractivity contribution in [2.24, 2.45) is 10.7 Å². The summed E-state index contributed by atoms with van der Waals surface area (Å²) in [7, 11) is 1.57. The van der Waals surface area contributed by atoms with Gasteiger partial charge in [0.05, 0.1) is 20.3 Å². The zero-order chi connectivity index (χ0) is 16.5. The fourth-order valence-electron chi connectivity index (χ4n) is 1.97. The van der Waals surface area contributed by atoms with Crippen LogP contribution in [0.25, 0.3) is 0 Å². The van der Waals surface area contributed by atoms with Gasteiger partial charge in [0.1, 0.15) is 6.61 Å². The van der Waals surface area contributed by atoms with Crippen LogP contribution < -0.4 is 20.5 Å². The number of hydrogen-bond acceptors (Lipinski definition) is 4.